The first-order valence-corrected chi connectivity index (χ1v) is 9.17. The molecule has 4 nitrogen and oxygen atoms in total. The molecule has 122 valence electrons. The van der Waals surface area contributed by atoms with Crippen molar-refractivity contribution in [2.45, 2.75) is 38.4 Å². The number of hydrogen-bond donors (Lipinski definition) is 0. The third-order valence-electron chi connectivity index (χ3n) is 4.12. The van der Waals surface area contributed by atoms with Crippen LogP contribution >= 0.6 is 11.8 Å². The van der Waals surface area contributed by atoms with E-state index in [1.165, 1.54) is 0 Å². The maximum Gasteiger partial charge on any atom is 0.227 e. The Hall–Kier alpha value is -0.260. The summed E-state index contributed by atoms with van der Waals surface area (Å²) in [6, 6.07) is 0. The minimum atomic E-state index is 0.205. The van der Waals surface area contributed by atoms with Crippen LogP contribution in [0.1, 0.15) is 33.6 Å². The Bertz CT molecular complexity index is 338. The van der Waals surface area contributed by atoms with Crippen LogP contribution in [0.2, 0.25) is 0 Å². The van der Waals surface area contributed by atoms with E-state index in [0.717, 1.165) is 51.3 Å². The van der Waals surface area contributed by atoms with Crippen LogP contribution in [0.5, 0.6) is 0 Å². The molecule has 0 spiro atoms. The van der Waals surface area contributed by atoms with Gasteiger partial charge in [0.25, 0.3) is 0 Å². The number of ether oxygens (including phenoxy) is 1. The average molecular weight is 314 g/mol. The number of piperidine rings is 1. The van der Waals surface area contributed by atoms with Gasteiger partial charge in [0, 0.05) is 36.7 Å². The molecule has 2 aliphatic rings. The topological polar surface area (TPSA) is 32.8 Å². The maximum absolute atomic E-state index is 12.6. The van der Waals surface area contributed by atoms with E-state index in [1.807, 2.05) is 16.7 Å². The smallest absolute Gasteiger partial charge is 0.227 e. The number of likely N-dealkylation sites (tertiary alicyclic amines) is 1. The summed E-state index contributed by atoms with van der Waals surface area (Å²) in [5, 5.41) is 0. The van der Waals surface area contributed by atoms with Crippen LogP contribution in [0.25, 0.3) is 0 Å². The van der Waals surface area contributed by atoms with Gasteiger partial charge >= 0.3 is 0 Å². The number of morpholine rings is 1. The van der Waals surface area contributed by atoms with Gasteiger partial charge in [-0.3, -0.25) is 4.79 Å². The average Bonchev–Trinajstić information content (AvgIpc) is 2.46. The summed E-state index contributed by atoms with van der Waals surface area (Å²) in [6.07, 6.45) is 2.21. The quantitative estimate of drug-likeness (QED) is 0.795. The number of thioether (sulfide) groups is 1. The maximum atomic E-state index is 12.6. The molecule has 0 aromatic heterocycles. The van der Waals surface area contributed by atoms with Crippen LogP contribution in [0.15, 0.2) is 0 Å². The summed E-state index contributed by atoms with van der Waals surface area (Å²) >= 11 is 2.01. The van der Waals surface area contributed by atoms with Crippen LogP contribution in [0, 0.1) is 5.92 Å². The number of amides is 1. The van der Waals surface area contributed by atoms with E-state index < -0.39 is 0 Å². The van der Waals surface area contributed by atoms with E-state index in [1.54, 1.807) is 0 Å². The standard InChI is InChI=1S/C16H30N2O2S/c1-16(2,3)21-12-9-17-6-4-5-14(13-17)15(19)18-7-10-20-11-8-18/h14H,4-13H2,1-3H3/t14-/m1/s1. The van der Waals surface area contributed by atoms with E-state index in [4.69, 9.17) is 4.74 Å². The molecule has 0 saturated carbocycles. The monoisotopic (exact) mass is 314 g/mol. The molecule has 2 rings (SSSR count). The van der Waals surface area contributed by atoms with Gasteiger partial charge in [-0.2, -0.15) is 11.8 Å². The fraction of sp³-hybridized carbons (Fsp3) is 0.938. The van der Waals surface area contributed by atoms with E-state index >= 15 is 0 Å². The molecule has 0 aliphatic carbocycles. The lowest BCUT2D eigenvalue weighted by Gasteiger charge is -2.36. The molecular formula is C16H30N2O2S. The van der Waals surface area contributed by atoms with Crippen LogP contribution in [-0.4, -0.2) is 72.1 Å². The summed E-state index contributed by atoms with van der Waals surface area (Å²) in [4.78, 5) is 17.0. The Morgan fingerprint density at radius 3 is 2.62 bits per heavy atom. The molecule has 0 bridgehead atoms. The Labute approximate surface area is 133 Å². The molecule has 0 N–H and O–H groups in total. The van der Waals surface area contributed by atoms with Crippen molar-refractivity contribution >= 4 is 17.7 Å². The van der Waals surface area contributed by atoms with Crippen molar-refractivity contribution in [3.63, 3.8) is 0 Å². The third kappa shape index (κ3) is 5.80. The number of carbonyl (C=O) groups excluding carboxylic acids is 1. The minimum Gasteiger partial charge on any atom is -0.378 e. The summed E-state index contributed by atoms with van der Waals surface area (Å²) in [5.41, 5.74) is 0. The van der Waals surface area contributed by atoms with Crippen molar-refractivity contribution in [3.05, 3.63) is 0 Å². The summed E-state index contributed by atoms with van der Waals surface area (Å²) < 4.78 is 5.67. The van der Waals surface area contributed by atoms with Gasteiger partial charge in [-0.05, 0) is 19.4 Å². The largest absolute Gasteiger partial charge is 0.378 e. The molecule has 5 heteroatoms. The normalized spacial score (nSPS) is 25.1. The lowest BCUT2D eigenvalue weighted by molar-refractivity contribution is -0.141. The number of nitrogens with zero attached hydrogens (tertiary/aromatic N) is 2. The first kappa shape index (κ1) is 17.1. The molecule has 0 radical (unpaired) electrons. The Kier molecular flexibility index (Phi) is 6.38. The lowest BCUT2D eigenvalue weighted by atomic mass is 9.96. The van der Waals surface area contributed by atoms with E-state index in [9.17, 15) is 4.79 Å². The number of rotatable bonds is 4. The molecule has 21 heavy (non-hydrogen) atoms. The number of hydrogen-bond acceptors (Lipinski definition) is 4. The Balaban J connectivity index is 1.76. The highest BCUT2D eigenvalue weighted by atomic mass is 32.2. The highest BCUT2D eigenvalue weighted by Gasteiger charge is 2.29. The molecule has 0 unspecified atom stereocenters. The van der Waals surface area contributed by atoms with Gasteiger partial charge in [-0.25, -0.2) is 0 Å². The van der Waals surface area contributed by atoms with Gasteiger partial charge in [0.2, 0.25) is 5.91 Å². The molecule has 1 atom stereocenters. The SMILES string of the molecule is CC(C)(C)SCCN1CCC[C@@H](C(=O)N2CCOCC2)C1. The fourth-order valence-corrected chi connectivity index (χ4v) is 3.94. The Morgan fingerprint density at radius 2 is 1.95 bits per heavy atom. The van der Waals surface area contributed by atoms with Crippen molar-refractivity contribution in [2.24, 2.45) is 5.92 Å². The lowest BCUT2D eigenvalue weighted by Crippen LogP contribution is -2.48. The zero-order valence-corrected chi connectivity index (χ0v) is 14.6. The van der Waals surface area contributed by atoms with E-state index in [-0.39, 0.29) is 5.92 Å². The van der Waals surface area contributed by atoms with Crippen molar-refractivity contribution in [1.29, 1.82) is 0 Å². The second kappa shape index (κ2) is 7.84. The first-order valence-electron chi connectivity index (χ1n) is 8.18. The molecule has 0 aromatic carbocycles. The molecule has 2 aliphatic heterocycles. The van der Waals surface area contributed by atoms with Crippen LogP contribution in [-0.2, 0) is 9.53 Å². The van der Waals surface area contributed by atoms with Gasteiger partial charge in [0.15, 0.2) is 0 Å². The van der Waals surface area contributed by atoms with Gasteiger partial charge in [-0.1, -0.05) is 20.8 Å². The number of carbonyl (C=O) groups is 1. The second-order valence-corrected chi connectivity index (χ2v) is 8.96. The summed E-state index contributed by atoms with van der Waals surface area (Å²) in [7, 11) is 0. The van der Waals surface area contributed by atoms with Crippen molar-refractivity contribution in [3.8, 4) is 0 Å². The zero-order chi connectivity index (χ0) is 15.3. The molecule has 1 amide bonds. The zero-order valence-electron chi connectivity index (χ0n) is 13.8. The Morgan fingerprint density at radius 1 is 1.24 bits per heavy atom. The van der Waals surface area contributed by atoms with Gasteiger partial charge in [0.05, 0.1) is 19.1 Å². The van der Waals surface area contributed by atoms with Crippen LogP contribution in [0.4, 0.5) is 0 Å². The predicted molar refractivity (Wildman–Crippen MR) is 88.8 cm³/mol. The van der Waals surface area contributed by atoms with Gasteiger partial charge < -0.3 is 14.5 Å². The van der Waals surface area contributed by atoms with Crippen LogP contribution < -0.4 is 0 Å². The molecular weight excluding hydrogens is 284 g/mol. The highest BCUT2D eigenvalue weighted by Crippen LogP contribution is 2.24. The van der Waals surface area contributed by atoms with E-state index in [0.29, 0.717) is 23.9 Å². The minimum absolute atomic E-state index is 0.205. The molecule has 0 aromatic rings. The summed E-state index contributed by atoms with van der Waals surface area (Å²) in [5.74, 6) is 1.71. The predicted octanol–water partition coefficient (Wildman–Crippen LogP) is 2.09. The van der Waals surface area contributed by atoms with Crippen LogP contribution in [0.3, 0.4) is 0 Å². The van der Waals surface area contributed by atoms with Crippen molar-refractivity contribution in [1.82, 2.24) is 9.80 Å². The highest BCUT2D eigenvalue weighted by molar-refractivity contribution is 8.00. The van der Waals surface area contributed by atoms with Gasteiger partial charge in [-0.15, -0.1) is 0 Å². The van der Waals surface area contributed by atoms with Crippen molar-refractivity contribution < 1.29 is 9.53 Å². The summed E-state index contributed by atoms with van der Waals surface area (Å²) in [6.45, 7) is 12.9. The molecule has 2 fully saturated rings. The van der Waals surface area contributed by atoms with Gasteiger partial charge in [0.1, 0.15) is 0 Å². The first-order chi connectivity index (χ1) is 9.96. The fourth-order valence-electron chi connectivity index (χ4n) is 2.98. The second-order valence-electron chi connectivity index (χ2n) is 7.04. The van der Waals surface area contributed by atoms with Crippen molar-refractivity contribution in [2.75, 3.05) is 51.7 Å². The third-order valence-corrected chi connectivity index (χ3v) is 5.37. The molecule has 2 saturated heterocycles. The molecule has 2 heterocycles. The van der Waals surface area contributed by atoms with E-state index in [2.05, 4.69) is 25.7 Å².